The minimum Gasteiger partial charge on any atom is -0.250 e. The number of rotatable bonds is 4. The Morgan fingerprint density at radius 3 is 2.64 bits per heavy atom. The van der Waals surface area contributed by atoms with Gasteiger partial charge in [-0.15, -0.1) is 0 Å². The van der Waals surface area contributed by atoms with Crippen LogP contribution in [0.5, 0.6) is 0 Å². The maximum atomic E-state index is 12.4. The molecule has 1 unspecified atom stereocenters. The molecule has 14 heavy (non-hydrogen) atoms. The van der Waals surface area contributed by atoms with Gasteiger partial charge in [-0.1, -0.05) is 48.3 Å². The number of hydrogen-bond acceptors (Lipinski definition) is 0. The quantitative estimate of drug-likeness (QED) is 0.748. The van der Waals surface area contributed by atoms with Crippen molar-refractivity contribution < 1.29 is 4.39 Å². The van der Waals surface area contributed by atoms with Crippen molar-refractivity contribution in [2.45, 2.75) is 32.6 Å². The van der Waals surface area contributed by atoms with Crippen LogP contribution >= 0.6 is 15.9 Å². The smallest absolute Gasteiger partial charge is 0.0960 e. The molecule has 0 aromatic heterocycles. The van der Waals surface area contributed by atoms with Crippen LogP contribution in [0.1, 0.15) is 37.3 Å². The highest BCUT2D eigenvalue weighted by molar-refractivity contribution is 9.10. The van der Waals surface area contributed by atoms with E-state index in [2.05, 4.69) is 28.9 Å². The third kappa shape index (κ3) is 2.81. The summed E-state index contributed by atoms with van der Waals surface area (Å²) < 4.78 is 13.5. The van der Waals surface area contributed by atoms with E-state index >= 15 is 0 Å². The molecule has 0 heterocycles. The molecule has 2 heteroatoms. The second-order valence-corrected chi connectivity index (χ2v) is 4.51. The molecule has 0 amide bonds. The van der Waals surface area contributed by atoms with Crippen LogP contribution in [0.3, 0.4) is 0 Å². The number of aryl methyl sites for hydroxylation is 1. The fourth-order valence-corrected chi connectivity index (χ4v) is 2.03. The van der Waals surface area contributed by atoms with Gasteiger partial charge in [0.1, 0.15) is 0 Å². The summed E-state index contributed by atoms with van der Waals surface area (Å²) in [5.41, 5.74) is 2.38. The van der Waals surface area contributed by atoms with Crippen molar-refractivity contribution in [3.63, 3.8) is 0 Å². The van der Waals surface area contributed by atoms with Crippen LogP contribution in [0, 0.1) is 0 Å². The third-order valence-corrected chi connectivity index (χ3v) is 3.14. The van der Waals surface area contributed by atoms with Gasteiger partial charge in [0, 0.05) is 10.4 Å². The number of alkyl halides is 1. The summed E-state index contributed by atoms with van der Waals surface area (Å²) >= 11 is 3.52. The fourth-order valence-electron chi connectivity index (χ4n) is 1.43. The van der Waals surface area contributed by atoms with E-state index in [4.69, 9.17) is 0 Å². The molecule has 1 aromatic rings. The van der Waals surface area contributed by atoms with Gasteiger partial charge in [-0.25, -0.2) is 0 Å². The van der Waals surface area contributed by atoms with Gasteiger partial charge in [-0.3, -0.25) is 4.39 Å². The van der Waals surface area contributed by atoms with Crippen molar-refractivity contribution in [1.82, 2.24) is 0 Å². The Morgan fingerprint density at radius 1 is 1.43 bits per heavy atom. The lowest BCUT2D eigenvalue weighted by Gasteiger charge is -2.10. The van der Waals surface area contributed by atoms with Crippen molar-refractivity contribution in [1.29, 1.82) is 0 Å². The second kappa shape index (κ2) is 5.50. The summed E-state index contributed by atoms with van der Waals surface area (Å²) in [6.07, 6.45) is 2.21. The van der Waals surface area contributed by atoms with Crippen molar-refractivity contribution in [2.75, 3.05) is 6.67 Å². The van der Waals surface area contributed by atoms with Gasteiger partial charge < -0.3 is 0 Å². The Hall–Kier alpha value is -0.370. The lowest BCUT2D eigenvalue weighted by molar-refractivity contribution is 0.447. The average molecular weight is 259 g/mol. The van der Waals surface area contributed by atoms with E-state index in [0.29, 0.717) is 0 Å². The minimum atomic E-state index is -0.292. The zero-order chi connectivity index (χ0) is 10.6. The molecule has 0 fully saturated rings. The summed E-state index contributed by atoms with van der Waals surface area (Å²) in [5.74, 6) is 0.00183. The summed E-state index contributed by atoms with van der Waals surface area (Å²) in [6.45, 7) is 3.77. The van der Waals surface area contributed by atoms with Crippen molar-refractivity contribution in [3.8, 4) is 0 Å². The second-order valence-electron chi connectivity index (χ2n) is 3.66. The van der Waals surface area contributed by atoms with Crippen LogP contribution < -0.4 is 0 Å². The van der Waals surface area contributed by atoms with Crippen LogP contribution in [0.25, 0.3) is 0 Å². The molecule has 0 aliphatic rings. The third-order valence-electron chi connectivity index (χ3n) is 2.40. The van der Waals surface area contributed by atoms with Gasteiger partial charge in [-0.2, -0.15) is 0 Å². The van der Waals surface area contributed by atoms with E-state index in [9.17, 15) is 4.39 Å². The molecule has 78 valence electrons. The summed E-state index contributed by atoms with van der Waals surface area (Å²) in [5, 5.41) is 0. The molecule has 1 atom stereocenters. The highest BCUT2D eigenvalue weighted by Crippen LogP contribution is 2.24. The summed E-state index contributed by atoms with van der Waals surface area (Å²) in [6, 6.07) is 6.16. The summed E-state index contributed by atoms with van der Waals surface area (Å²) in [7, 11) is 0. The van der Waals surface area contributed by atoms with Crippen molar-refractivity contribution in [2.24, 2.45) is 0 Å². The molecule has 0 saturated carbocycles. The lowest BCUT2D eigenvalue weighted by atomic mass is 10.00. The zero-order valence-electron chi connectivity index (χ0n) is 8.69. The highest BCUT2D eigenvalue weighted by atomic mass is 79.9. The first-order valence-electron chi connectivity index (χ1n) is 5.03. The molecular formula is C12H16BrF. The molecule has 0 radical (unpaired) electrons. The van der Waals surface area contributed by atoms with Crippen LogP contribution in [-0.4, -0.2) is 6.67 Å². The Morgan fingerprint density at radius 2 is 2.14 bits per heavy atom. The van der Waals surface area contributed by atoms with Crippen molar-refractivity contribution >= 4 is 15.9 Å². The molecule has 0 saturated heterocycles. The van der Waals surface area contributed by atoms with Crippen LogP contribution in [0.2, 0.25) is 0 Å². The molecule has 0 aliphatic carbocycles. The van der Waals surface area contributed by atoms with Crippen LogP contribution in [-0.2, 0) is 6.42 Å². The van der Waals surface area contributed by atoms with E-state index in [-0.39, 0.29) is 12.6 Å². The molecule has 1 rings (SSSR count). The normalized spacial score (nSPS) is 12.9. The van der Waals surface area contributed by atoms with E-state index in [1.165, 1.54) is 5.56 Å². The first kappa shape index (κ1) is 11.7. The minimum absolute atomic E-state index is 0.00183. The van der Waals surface area contributed by atoms with Crippen LogP contribution in [0.15, 0.2) is 22.7 Å². The van der Waals surface area contributed by atoms with Gasteiger partial charge in [0.2, 0.25) is 0 Å². The maximum Gasteiger partial charge on any atom is 0.0960 e. The number of benzene rings is 1. The molecule has 1 aromatic carbocycles. The predicted molar refractivity (Wildman–Crippen MR) is 62.5 cm³/mol. The van der Waals surface area contributed by atoms with Gasteiger partial charge in [0.05, 0.1) is 6.67 Å². The molecule has 0 N–H and O–H groups in total. The molecule has 0 nitrogen and oxygen atoms in total. The van der Waals surface area contributed by atoms with Gasteiger partial charge in [-0.05, 0) is 23.6 Å². The molecular weight excluding hydrogens is 243 g/mol. The predicted octanol–water partition coefficient (Wildman–Crippen LogP) is 4.47. The maximum absolute atomic E-state index is 12.4. The number of hydrogen-bond donors (Lipinski definition) is 0. The van der Waals surface area contributed by atoms with Gasteiger partial charge in [0.25, 0.3) is 0 Å². The average Bonchev–Trinajstić information content (AvgIpc) is 2.20. The van der Waals surface area contributed by atoms with E-state index in [1.807, 2.05) is 19.1 Å². The Bertz CT molecular complexity index is 296. The Balaban J connectivity index is 2.88. The SMILES string of the molecule is CCCc1ccc(C(C)CF)cc1Br. The summed E-state index contributed by atoms with van der Waals surface area (Å²) in [4.78, 5) is 0. The molecule has 0 aliphatic heterocycles. The largest absolute Gasteiger partial charge is 0.250 e. The van der Waals surface area contributed by atoms with Crippen LogP contribution in [0.4, 0.5) is 4.39 Å². The van der Waals surface area contributed by atoms with E-state index in [1.54, 1.807) is 0 Å². The Kier molecular flexibility index (Phi) is 4.59. The van der Waals surface area contributed by atoms with Gasteiger partial charge >= 0.3 is 0 Å². The van der Waals surface area contributed by atoms with Gasteiger partial charge in [0.15, 0.2) is 0 Å². The molecule has 0 bridgehead atoms. The Labute approximate surface area is 93.7 Å². The highest BCUT2D eigenvalue weighted by Gasteiger charge is 2.07. The van der Waals surface area contributed by atoms with E-state index < -0.39 is 0 Å². The van der Waals surface area contributed by atoms with E-state index in [0.717, 1.165) is 22.9 Å². The first-order valence-corrected chi connectivity index (χ1v) is 5.82. The fraction of sp³-hybridized carbons (Fsp3) is 0.500. The monoisotopic (exact) mass is 258 g/mol. The van der Waals surface area contributed by atoms with Crippen molar-refractivity contribution in [3.05, 3.63) is 33.8 Å². The topological polar surface area (TPSA) is 0 Å². The molecule has 0 spiro atoms. The lowest BCUT2D eigenvalue weighted by Crippen LogP contribution is -1.96. The zero-order valence-corrected chi connectivity index (χ0v) is 10.3. The first-order chi connectivity index (χ1) is 6.69. The number of halogens is 2. The standard InChI is InChI=1S/C12H16BrF/c1-3-4-10-5-6-11(7-12(10)13)9(2)8-14/h5-7,9H,3-4,8H2,1-2H3.